The normalized spacial score (nSPS) is 10.8. The summed E-state index contributed by atoms with van der Waals surface area (Å²) in [6, 6.07) is 30.4. The third-order valence-electron chi connectivity index (χ3n) is 8.03. The van der Waals surface area contributed by atoms with Gasteiger partial charge < -0.3 is 15.4 Å². The Morgan fingerprint density at radius 3 is 1.18 bits per heavy atom. The maximum absolute atomic E-state index is 12.7. The van der Waals surface area contributed by atoms with Gasteiger partial charge in [0.05, 0.1) is 0 Å². The fourth-order valence-corrected chi connectivity index (χ4v) is 5.27. The minimum absolute atomic E-state index is 0.135. The van der Waals surface area contributed by atoms with Crippen molar-refractivity contribution in [3.8, 4) is 11.5 Å². The van der Waals surface area contributed by atoms with Crippen molar-refractivity contribution < 1.29 is 14.3 Å². The topological polar surface area (TPSA) is 67.4 Å². The van der Waals surface area contributed by atoms with Crippen LogP contribution >= 0.6 is 0 Å². The van der Waals surface area contributed by atoms with E-state index in [1.807, 2.05) is 72.8 Å². The second-order valence-electron chi connectivity index (χ2n) is 11.8. The van der Waals surface area contributed by atoms with Gasteiger partial charge in [-0.2, -0.15) is 0 Å². The molecule has 5 heteroatoms. The Hall–Kier alpha value is -4.38. The summed E-state index contributed by atoms with van der Waals surface area (Å²) in [5.41, 5.74) is 5.22. The van der Waals surface area contributed by atoms with Gasteiger partial charge in [0.2, 0.25) is 0 Å². The Labute approximate surface area is 269 Å². The number of amides is 2. The van der Waals surface area contributed by atoms with Gasteiger partial charge in [0, 0.05) is 22.5 Å². The van der Waals surface area contributed by atoms with E-state index < -0.39 is 0 Å². The predicted molar refractivity (Wildman–Crippen MR) is 187 cm³/mol. The maximum atomic E-state index is 12.7. The van der Waals surface area contributed by atoms with Crippen molar-refractivity contribution in [2.75, 3.05) is 10.6 Å². The van der Waals surface area contributed by atoms with Crippen LogP contribution in [0.15, 0.2) is 97.1 Å². The Morgan fingerprint density at radius 1 is 0.467 bits per heavy atom. The molecule has 2 N–H and O–H groups in total. The number of aryl methyl sites for hydroxylation is 2. The Bertz CT molecular complexity index is 1330. The molecule has 45 heavy (non-hydrogen) atoms. The first-order valence-electron chi connectivity index (χ1n) is 16.7. The minimum atomic E-state index is -0.135. The lowest BCUT2D eigenvalue weighted by Crippen LogP contribution is -2.11. The van der Waals surface area contributed by atoms with Gasteiger partial charge in [-0.1, -0.05) is 89.5 Å². The minimum Gasteiger partial charge on any atom is -0.457 e. The van der Waals surface area contributed by atoms with Crippen LogP contribution in [0.5, 0.6) is 11.5 Å². The molecule has 0 aromatic heterocycles. The molecule has 0 aliphatic heterocycles. The fraction of sp³-hybridized carbons (Fsp3) is 0.350. The summed E-state index contributed by atoms with van der Waals surface area (Å²) in [6.07, 6.45) is 14.7. The molecule has 236 valence electrons. The monoisotopic (exact) mass is 604 g/mol. The third-order valence-corrected chi connectivity index (χ3v) is 8.03. The van der Waals surface area contributed by atoms with Crippen molar-refractivity contribution in [1.82, 2.24) is 0 Å². The zero-order valence-corrected chi connectivity index (χ0v) is 26.9. The fourth-order valence-electron chi connectivity index (χ4n) is 5.27. The first-order chi connectivity index (χ1) is 22.0. The molecule has 4 aromatic rings. The lowest BCUT2D eigenvalue weighted by Gasteiger charge is -2.10. The Balaban J connectivity index is 1.20. The van der Waals surface area contributed by atoms with Crippen LogP contribution in [0.3, 0.4) is 0 Å². The molecule has 0 saturated heterocycles. The van der Waals surface area contributed by atoms with E-state index in [1.165, 1.54) is 75.3 Å². The highest BCUT2D eigenvalue weighted by atomic mass is 16.5. The van der Waals surface area contributed by atoms with Crippen LogP contribution in [0, 0.1) is 0 Å². The highest BCUT2D eigenvalue weighted by molar-refractivity contribution is 6.04. The number of anilines is 2. The second-order valence-corrected chi connectivity index (χ2v) is 11.8. The van der Waals surface area contributed by atoms with E-state index in [-0.39, 0.29) is 11.8 Å². The van der Waals surface area contributed by atoms with Crippen molar-refractivity contribution in [2.24, 2.45) is 0 Å². The van der Waals surface area contributed by atoms with E-state index in [9.17, 15) is 9.59 Å². The van der Waals surface area contributed by atoms with Crippen LogP contribution in [0.4, 0.5) is 11.4 Å². The van der Waals surface area contributed by atoms with Gasteiger partial charge in [-0.05, 0) is 110 Å². The molecule has 0 aliphatic carbocycles. The number of hydrogen-bond acceptors (Lipinski definition) is 3. The van der Waals surface area contributed by atoms with Crippen LogP contribution in [0.2, 0.25) is 0 Å². The molecule has 5 nitrogen and oxygen atoms in total. The zero-order valence-electron chi connectivity index (χ0n) is 26.9. The number of carbonyl (C=O) groups is 2. The molecule has 4 rings (SSSR count). The summed E-state index contributed by atoms with van der Waals surface area (Å²) in [5, 5.41) is 5.92. The van der Waals surface area contributed by atoms with Crippen molar-refractivity contribution >= 4 is 23.2 Å². The van der Waals surface area contributed by atoms with Crippen LogP contribution in [-0.4, -0.2) is 11.8 Å². The van der Waals surface area contributed by atoms with Gasteiger partial charge in [-0.3, -0.25) is 9.59 Å². The molecule has 0 aliphatic rings. The maximum Gasteiger partial charge on any atom is 0.255 e. The van der Waals surface area contributed by atoms with E-state index in [4.69, 9.17) is 4.74 Å². The summed E-state index contributed by atoms with van der Waals surface area (Å²) >= 11 is 0. The number of rotatable bonds is 18. The first kappa shape index (κ1) is 33.5. The summed E-state index contributed by atoms with van der Waals surface area (Å²) in [5.74, 6) is 1.03. The standard InChI is InChI=1S/C40H48N2O3/c1-3-5-7-9-11-13-31-15-19-33(20-16-31)39(43)41-35-23-27-37(28-24-35)45-38-29-25-36(26-30-38)42-40(44)34-21-17-32(18-22-34)14-12-10-8-6-4-2/h15-30H,3-14H2,1-2H3,(H,41,43)(H,42,44). The lowest BCUT2D eigenvalue weighted by atomic mass is 10.0. The van der Waals surface area contributed by atoms with E-state index >= 15 is 0 Å². The van der Waals surface area contributed by atoms with Crippen molar-refractivity contribution in [2.45, 2.75) is 90.9 Å². The molecule has 0 radical (unpaired) electrons. The van der Waals surface area contributed by atoms with Crippen LogP contribution in [-0.2, 0) is 12.8 Å². The first-order valence-corrected chi connectivity index (χ1v) is 16.7. The highest BCUT2D eigenvalue weighted by Gasteiger charge is 2.09. The number of ether oxygens (including phenoxy) is 1. The number of carbonyl (C=O) groups excluding carboxylic acids is 2. The Morgan fingerprint density at radius 2 is 0.822 bits per heavy atom. The van der Waals surface area contributed by atoms with Crippen molar-refractivity contribution in [3.05, 3.63) is 119 Å². The Kier molecular flexibility index (Phi) is 13.7. The van der Waals surface area contributed by atoms with Crippen LogP contribution < -0.4 is 15.4 Å². The molecule has 0 unspecified atom stereocenters. The highest BCUT2D eigenvalue weighted by Crippen LogP contribution is 2.25. The lowest BCUT2D eigenvalue weighted by molar-refractivity contribution is 0.101. The molecule has 0 saturated carbocycles. The van der Waals surface area contributed by atoms with E-state index in [0.29, 0.717) is 34.0 Å². The van der Waals surface area contributed by atoms with Gasteiger partial charge in [0.25, 0.3) is 11.8 Å². The van der Waals surface area contributed by atoms with Gasteiger partial charge in [-0.15, -0.1) is 0 Å². The molecule has 0 atom stereocenters. The molecule has 2 amide bonds. The SMILES string of the molecule is CCCCCCCc1ccc(C(=O)Nc2ccc(Oc3ccc(NC(=O)c4ccc(CCCCCCC)cc4)cc3)cc2)cc1. The zero-order chi connectivity index (χ0) is 31.7. The summed E-state index contributed by atoms with van der Waals surface area (Å²) in [6.45, 7) is 4.46. The number of nitrogens with one attached hydrogen (secondary N) is 2. The van der Waals surface area contributed by atoms with Crippen molar-refractivity contribution in [1.29, 1.82) is 0 Å². The average molecular weight is 605 g/mol. The largest absolute Gasteiger partial charge is 0.457 e. The van der Waals surface area contributed by atoms with Gasteiger partial charge >= 0.3 is 0 Å². The number of benzene rings is 4. The third kappa shape index (κ3) is 11.6. The molecule has 0 spiro atoms. The van der Waals surface area contributed by atoms with E-state index in [0.717, 1.165) is 12.8 Å². The summed E-state index contributed by atoms with van der Waals surface area (Å²) in [4.78, 5) is 25.5. The van der Waals surface area contributed by atoms with Gasteiger partial charge in [0.1, 0.15) is 11.5 Å². The van der Waals surface area contributed by atoms with Gasteiger partial charge in [0.15, 0.2) is 0 Å². The van der Waals surface area contributed by atoms with E-state index in [1.54, 1.807) is 0 Å². The summed E-state index contributed by atoms with van der Waals surface area (Å²) in [7, 11) is 0. The molecular formula is C40H48N2O3. The van der Waals surface area contributed by atoms with Crippen LogP contribution in [0.25, 0.3) is 0 Å². The average Bonchev–Trinajstić information content (AvgIpc) is 3.07. The molecule has 4 aromatic carbocycles. The van der Waals surface area contributed by atoms with E-state index in [2.05, 4.69) is 48.7 Å². The molecular weight excluding hydrogens is 556 g/mol. The molecule has 0 bridgehead atoms. The summed E-state index contributed by atoms with van der Waals surface area (Å²) < 4.78 is 5.98. The smallest absolute Gasteiger partial charge is 0.255 e. The number of hydrogen-bond donors (Lipinski definition) is 2. The van der Waals surface area contributed by atoms with Crippen LogP contribution in [0.1, 0.15) is 110 Å². The van der Waals surface area contributed by atoms with Crippen molar-refractivity contribution in [3.63, 3.8) is 0 Å². The number of unbranched alkanes of at least 4 members (excludes halogenated alkanes) is 8. The predicted octanol–water partition coefficient (Wildman–Crippen LogP) is 11.0. The van der Waals surface area contributed by atoms with Gasteiger partial charge in [-0.25, -0.2) is 0 Å². The quantitative estimate of drug-likeness (QED) is 0.111. The molecule has 0 heterocycles. The second kappa shape index (κ2) is 18.4. The molecule has 0 fully saturated rings.